The van der Waals surface area contributed by atoms with E-state index in [9.17, 15) is 13.2 Å². The van der Waals surface area contributed by atoms with E-state index in [-0.39, 0.29) is 18.0 Å². The standard InChI is InChI=1S/C16H17NO4S/c1-17(22(19,20)15-10-6-3-7-11-15)12-16(18)21-13-14-8-4-2-5-9-14/h2-11H,12-13H2,1H3. The molecule has 5 nitrogen and oxygen atoms in total. The van der Waals surface area contributed by atoms with Crippen molar-refractivity contribution in [2.75, 3.05) is 13.6 Å². The van der Waals surface area contributed by atoms with Gasteiger partial charge in [0, 0.05) is 7.05 Å². The third kappa shape index (κ3) is 4.16. The number of rotatable bonds is 6. The highest BCUT2D eigenvalue weighted by Crippen LogP contribution is 2.13. The molecule has 0 spiro atoms. The fraction of sp³-hybridized carbons (Fsp3) is 0.188. The van der Waals surface area contributed by atoms with Gasteiger partial charge in [-0.3, -0.25) is 4.79 Å². The number of carbonyl (C=O) groups excluding carboxylic acids is 1. The van der Waals surface area contributed by atoms with E-state index in [1.807, 2.05) is 30.3 Å². The lowest BCUT2D eigenvalue weighted by Crippen LogP contribution is -2.33. The van der Waals surface area contributed by atoms with Crippen molar-refractivity contribution in [1.82, 2.24) is 4.31 Å². The highest BCUT2D eigenvalue weighted by atomic mass is 32.2. The number of hydrogen-bond acceptors (Lipinski definition) is 4. The number of ether oxygens (including phenoxy) is 1. The lowest BCUT2D eigenvalue weighted by molar-refractivity contribution is -0.144. The van der Waals surface area contributed by atoms with E-state index in [0.29, 0.717) is 0 Å². The first-order valence-electron chi connectivity index (χ1n) is 6.71. The van der Waals surface area contributed by atoms with Crippen LogP contribution in [0.15, 0.2) is 65.6 Å². The molecule has 0 aliphatic carbocycles. The molecule has 0 fully saturated rings. The summed E-state index contributed by atoms with van der Waals surface area (Å²) < 4.78 is 30.6. The summed E-state index contributed by atoms with van der Waals surface area (Å²) in [6.07, 6.45) is 0. The smallest absolute Gasteiger partial charge is 0.321 e. The first kappa shape index (κ1) is 16.2. The number of carbonyl (C=O) groups is 1. The van der Waals surface area contributed by atoms with Gasteiger partial charge < -0.3 is 4.74 Å². The SMILES string of the molecule is CN(CC(=O)OCc1ccccc1)S(=O)(=O)c1ccccc1. The molecule has 0 amide bonds. The van der Waals surface area contributed by atoms with Crippen molar-refractivity contribution >= 4 is 16.0 Å². The average molecular weight is 319 g/mol. The third-order valence-corrected chi connectivity index (χ3v) is 4.86. The monoisotopic (exact) mass is 319 g/mol. The van der Waals surface area contributed by atoms with Gasteiger partial charge in [-0.05, 0) is 17.7 Å². The van der Waals surface area contributed by atoms with Gasteiger partial charge in [0.15, 0.2) is 0 Å². The van der Waals surface area contributed by atoms with Crippen LogP contribution >= 0.6 is 0 Å². The number of esters is 1. The summed E-state index contributed by atoms with van der Waals surface area (Å²) in [4.78, 5) is 11.9. The molecule has 0 saturated heterocycles. The van der Waals surface area contributed by atoms with E-state index in [0.717, 1.165) is 9.87 Å². The summed E-state index contributed by atoms with van der Waals surface area (Å²) in [6.45, 7) is -0.205. The first-order chi connectivity index (χ1) is 10.5. The summed E-state index contributed by atoms with van der Waals surface area (Å²) in [5.74, 6) is -0.592. The van der Waals surface area contributed by atoms with Crippen LogP contribution in [0.1, 0.15) is 5.56 Å². The molecule has 0 unspecified atom stereocenters. The molecule has 2 aromatic rings. The van der Waals surface area contributed by atoms with Crippen LogP contribution in [-0.4, -0.2) is 32.3 Å². The maximum Gasteiger partial charge on any atom is 0.321 e. The van der Waals surface area contributed by atoms with Gasteiger partial charge in [0.1, 0.15) is 13.2 Å². The van der Waals surface area contributed by atoms with Crippen LogP contribution in [0.2, 0.25) is 0 Å². The Kier molecular flexibility index (Phi) is 5.30. The Morgan fingerprint density at radius 1 is 1.00 bits per heavy atom. The van der Waals surface area contributed by atoms with E-state index in [2.05, 4.69) is 0 Å². The van der Waals surface area contributed by atoms with Crippen LogP contribution in [0.5, 0.6) is 0 Å². The number of hydrogen-bond donors (Lipinski definition) is 0. The zero-order chi connectivity index (χ0) is 16.0. The number of nitrogens with zero attached hydrogens (tertiary/aromatic N) is 1. The molecule has 0 N–H and O–H groups in total. The van der Waals surface area contributed by atoms with Crippen molar-refractivity contribution in [3.05, 3.63) is 66.2 Å². The minimum absolute atomic E-state index is 0.124. The van der Waals surface area contributed by atoms with Gasteiger partial charge in [-0.15, -0.1) is 0 Å². The van der Waals surface area contributed by atoms with Gasteiger partial charge in [0.05, 0.1) is 4.90 Å². The highest BCUT2D eigenvalue weighted by Gasteiger charge is 2.23. The van der Waals surface area contributed by atoms with Crippen LogP contribution in [0, 0.1) is 0 Å². The molecular formula is C16H17NO4S. The molecular weight excluding hydrogens is 302 g/mol. The van der Waals surface area contributed by atoms with Crippen molar-refractivity contribution < 1.29 is 17.9 Å². The fourth-order valence-electron chi connectivity index (χ4n) is 1.82. The largest absolute Gasteiger partial charge is 0.460 e. The Labute approximate surface area is 130 Å². The number of likely N-dealkylation sites (N-methyl/N-ethyl adjacent to an activating group) is 1. The summed E-state index contributed by atoms with van der Waals surface area (Å²) in [7, 11) is -2.33. The predicted octanol–water partition coefficient (Wildman–Crippen LogP) is 2.05. The van der Waals surface area contributed by atoms with Crippen LogP contribution < -0.4 is 0 Å². The maximum atomic E-state index is 12.3. The van der Waals surface area contributed by atoms with E-state index < -0.39 is 16.0 Å². The summed E-state index contributed by atoms with van der Waals surface area (Å²) in [5, 5.41) is 0. The van der Waals surface area contributed by atoms with E-state index in [4.69, 9.17) is 4.74 Å². The van der Waals surface area contributed by atoms with Gasteiger partial charge in [-0.1, -0.05) is 48.5 Å². The normalized spacial score (nSPS) is 11.4. The van der Waals surface area contributed by atoms with Gasteiger partial charge in [0.25, 0.3) is 0 Å². The minimum Gasteiger partial charge on any atom is -0.460 e. The molecule has 0 bridgehead atoms. The predicted molar refractivity (Wildman–Crippen MR) is 82.5 cm³/mol. The molecule has 0 radical (unpaired) electrons. The van der Waals surface area contributed by atoms with Crippen LogP contribution in [0.25, 0.3) is 0 Å². The minimum atomic E-state index is -3.68. The summed E-state index contributed by atoms with van der Waals surface area (Å²) in [6, 6.07) is 17.2. The Hall–Kier alpha value is -2.18. The second-order valence-corrected chi connectivity index (χ2v) is 6.77. The molecule has 0 aliphatic heterocycles. The van der Waals surface area contributed by atoms with E-state index >= 15 is 0 Å². The fourth-order valence-corrected chi connectivity index (χ4v) is 2.96. The molecule has 0 saturated carbocycles. The Bertz CT molecular complexity index is 714. The molecule has 2 rings (SSSR count). The van der Waals surface area contributed by atoms with E-state index in [1.165, 1.54) is 19.2 Å². The second-order valence-electron chi connectivity index (χ2n) is 4.72. The molecule has 0 atom stereocenters. The Morgan fingerprint density at radius 3 is 2.14 bits per heavy atom. The first-order valence-corrected chi connectivity index (χ1v) is 8.15. The van der Waals surface area contributed by atoms with Gasteiger partial charge in [-0.25, -0.2) is 8.42 Å². The van der Waals surface area contributed by atoms with Crippen molar-refractivity contribution in [3.8, 4) is 0 Å². The topological polar surface area (TPSA) is 63.7 Å². The van der Waals surface area contributed by atoms with Crippen molar-refractivity contribution in [2.45, 2.75) is 11.5 Å². The number of sulfonamides is 1. The van der Waals surface area contributed by atoms with Crippen LogP contribution in [-0.2, 0) is 26.2 Å². The molecule has 2 aromatic carbocycles. The molecule has 116 valence electrons. The zero-order valence-corrected chi connectivity index (χ0v) is 13.0. The van der Waals surface area contributed by atoms with E-state index in [1.54, 1.807) is 18.2 Å². The quantitative estimate of drug-likeness (QED) is 0.765. The van der Waals surface area contributed by atoms with Crippen molar-refractivity contribution in [3.63, 3.8) is 0 Å². The Balaban J connectivity index is 1.94. The highest BCUT2D eigenvalue weighted by molar-refractivity contribution is 7.89. The Morgan fingerprint density at radius 2 is 1.55 bits per heavy atom. The number of benzene rings is 2. The molecule has 0 aliphatic rings. The second kappa shape index (κ2) is 7.20. The summed E-state index contributed by atoms with van der Waals surface area (Å²) in [5.41, 5.74) is 0.851. The maximum absolute atomic E-state index is 12.3. The van der Waals surface area contributed by atoms with Crippen LogP contribution in [0.4, 0.5) is 0 Å². The van der Waals surface area contributed by atoms with Gasteiger partial charge in [-0.2, -0.15) is 4.31 Å². The molecule has 0 aromatic heterocycles. The molecule has 22 heavy (non-hydrogen) atoms. The molecule has 0 heterocycles. The summed E-state index contributed by atoms with van der Waals surface area (Å²) >= 11 is 0. The molecule has 6 heteroatoms. The average Bonchev–Trinajstić information content (AvgIpc) is 2.54. The third-order valence-electron chi connectivity index (χ3n) is 3.05. The lowest BCUT2D eigenvalue weighted by atomic mass is 10.2. The van der Waals surface area contributed by atoms with Gasteiger partial charge >= 0.3 is 5.97 Å². The van der Waals surface area contributed by atoms with Crippen molar-refractivity contribution in [1.29, 1.82) is 0 Å². The van der Waals surface area contributed by atoms with Gasteiger partial charge in [0.2, 0.25) is 10.0 Å². The van der Waals surface area contributed by atoms with Crippen LogP contribution in [0.3, 0.4) is 0 Å². The zero-order valence-electron chi connectivity index (χ0n) is 12.2. The van der Waals surface area contributed by atoms with Crippen molar-refractivity contribution in [2.24, 2.45) is 0 Å². The lowest BCUT2D eigenvalue weighted by Gasteiger charge is -2.16.